The summed E-state index contributed by atoms with van der Waals surface area (Å²) in [7, 11) is -2.38. The molecular weight excluding hydrogens is 480 g/mol. The highest BCUT2D eigenvalue weighted by molar-refractivity contribution is 9.10. The number of fused-ring (bicyclic) bond motifs is 1. The highest BCUT2D eigenvalue weighted by Gasteiger charge is 2.18. The fraction of sp³-hybridized carbons (Fsp3) is 0.318. The van der Waals surface area contributed by atoms with E-state index in [0.29, 0.717) is 24.7 Å². The zero-order valence-electron chi connectivity index (χ0n) is 17.5. The lowest BCUT2D eigenvalue weighted by Gasteiger charge is -2.25. The number of anilines is 3. The Morgan fingerprint density at radius 2 is 2.00 bits per heavy atom. The van der Waals surface area contributed by atoms with Crippen molar-refractivity contribution in [2.75, 3.05) is 29.5 Å². The van der Waals surface area contributed by atoms with Gasteiger partial charge in [-0.1, -0.05) is 15.9 Å². The summed E-state index contributed by atoms with van der Waals surface area (Å²) in [6.45, 7) is 3.40. The summed E-state index contributed by atoms with van der Waals surface area (Å²) in [6.07, 6.45) is 4.92. The van der Waals surface area contributed by atoms with Gasteiger partial charge in [-0.05, 0) is 48.7 Å². The minimum Gasteiger partial charge on any atom is -0.488 e. The number of nitrogens with zero attached hydrogens (tertiary/aromatic N) is 2. The first-order valence-electron chi connectivity index (χ1n) is 9.95. The van der Waals surface area contributed by atoms with Gasteiger partial charge in [0.25, 0.3) is 0 Å². The van der Waals surface area contributed by atoms with Crippen molar-refractivity contribution in [2.24, 2.45) is 0 Å². The van der Waals surface area contributed by atoms with Gasteiger partial charge in [0.2, 0.25) is 0 Å². The Hall–Kier alpha value is -2.36. The average Bonchev–Trinajstić information content (AvgIpc) is 2.69. The van der Waals surface area contributed by atoms with Crippen LogP contribution in [0, 0.1) is 6.92 Å². The highest BCUT2D eigenvalue weighted by Crippen LogP contribution is 2.35. The summed E-state index contributed by atoms with van der Waals surface area (Å²) < 4.78 is 27.7. The molecule has 0 radical (unpaired) electrons. The number of ether oxygens (including phenoxy) is 2. The van der Waals surface area contributed by atoms with E-state index in [4.69, 9.17) is 9.47 Å². The van der Waals surface area contributed by atoms with Crippen molar-refractivity contribution in [3.8, 4) is 5.75 Å². The van der Waals surface area contributed by atoms with Gasteiger partial charge in [0.05, 0.1) is 24.4 Å². The van der Waals surface area contributed by atoms with Crippen LogP contribution in [-0.2, 0) is 14.4 Å². The Morgan fingerprint density at radius 1 is 1.23 bits per heavy atom. The SMILES string of the molecule is C=S(C)(=O)Nc1cc(C)c2c(Nc3ccc(Br)cc3OC3CCOCC3)ncnc2c1. The second kappa shape index (κ2) is 9.02. The summed E-state index contributed by atoms with van der Waals surface area (Å²) in [6, 6.07) is 9.66. The van der Waals surface area contributed by atoms with Crippen LogP contribution >= 0.6 is 15.9 Å². The maximum absolute atomic E-state index is 12.0. The van der Waals surface area contributed by atoms with Crippen LogP contribution in [0.3, 0.4) is 0 Å². The molecule has 3 aromatic rings. The minimum absolute atomic E-state index is 0.118. The highest BCUT2D eigenvalue weighted by atomic mass is 79.9. The molecule has 7 nitrogen and oxygen atoms in total. The maximum atomic E-state index is 12.0. The molecule has 0 bridgehead atoms. The Kier molecular flexibility index (Phi) is 6.36. The smallest absolute Gasteiger partial charge is 0.144 e. The van der Waals surface area contributed by atoms with Crippen molar-refractivity contribution in [3.05, 3.63) is 46.7 Å². The third kappa shape index (κ3) is 5.47. The quantitative estimate of drug-likeness (QED) is 0.474. The average molecular weight is 505 g/mol. The van der Waals surface area contributed by atoms with Gasteiger partial charge in [-0.2, -0.15) is 0 Å². The summed E-state index contributed by atoms with van der Waals surface area (Å²) in [5.74, 6) is 5.10. The summed E-state index contributed by atoms with van der Waals surface area (Å²) in [5.41, 5.74) is 3.23. The van der Waals surface area contributed by atoms with Crippen LogP contribution in [0.2, 0.25) is 0 Å². The number of halogens is 1. The Labute approximate surface area is 190 Å². The molecule has 2 heterocycles. The molecule has 2 N–H and O–H groups in total. The second-order valence-corrected chi connectivity index (χ2v) is 10.8. The lowest BCUT2D eigenvalue weighted by atomic mass is 10.1. The molecule has 0 saturated carbocycles. The van der Waals surface area contributed by atoms with Gasteiger partial charge >= 0.3 is 0 Å². The van der Waals surface area contributed by atoms with E-state index in [0.717, 1.165) is 45.2 Å². The number of rotatable bonds is 6. The van der Waals surface area contributed by atoms with Crippen molar-refractivity contribution >= 4 is 59.6 Å². The van der Waals surface area contributed by atoms with Crippen LogP contribution in [0.15, 0.2) is 41.1 Å². The number of aromatic nitrogens is 2. The molecule has 1 unspecified atom stereocenters. The van der Waals surface area contributed by atoms with E-state index < -0.39 is 9.71 Å². The van der Waals surface area contributed by atoms with Gasteiger partial charge in [0.15, 0.2) is 0 Å². The molecule has 0 aliphatic carbocycles. The van der Waals surface area contributed by atoms with Gasteiger partial charge in [-0.25, -0.2) is 14.2 Å². The van der Waals surface area contributed by atoms with Crippen LogP contribution in [0.5, 0.6) is 5.75 Å². The normalized spacial score (nSPS) is 16.6. The van der Waals surface area contributed by atoms with E-state index >= 15 is 0 Å². The van der Waals surface area contributed by atoms with E-state index in [1.54, 1.807) is 6.26 Å². The predicted molar refractivity (Wildman–Crippen MR) is 131 cm³/mol. The molecule has 31 heavy (non-hydrogen) atoms. The van der Waals surface area contributed by atoms with Crippen LogP contribution in [0.1, 0.15) is 18.4 Å². The molecule has 1 aliphatic heterocycles. The molecule has 0 spiro atoms. The molecule has 4 rings (SSSR count). The van der Waals surface area contributed by atoms with Crippen molar-refractivity contribution in [2.45, 2.75) is 25.9 Å². The first kappa shape index (κ1) is 21.9. The fourth-order valence-corrected chi connectivity index (χ4v) is 4.55. The molecule has 0 amide bonds. The molecule has 1 atom stereocenters. The van der Waals surface area contributed by atoms with Gasteiger partial charge in [0, 0.05) is 44.4 Å². The molecule has 1 fully saturated rings. The van der Waals surface area contributed by atoms with E-state index in [1.807, 2.05) is 37.3 Å². The van der Waals surface area contributed by atoms with E-state index in [-0.39, 0.29) is 6.10 Å². The van der Waals surface area contributed by atoms with Crippen molar-refractivity contribution in [1.82, 2.24) is 9.97 Å². The van der Waals surface area contributed by atoms with Crippen LogP contribution in [0.25, 0.3) is 10.9 Å². The van der Waals surface area contributed by atoms with Crippen LogP contribution in [-0.4, -0.2) is 45.6 Å². The third-order valence-electron chi connectivity index (χ3n) is 4.93. The van der Waals surface area contributed by atoms with E-state index in [1.165, 1.54) is 6.33 Å². The van der Waals surface area contributed by atoms with Gasteiger partial charge < -0.3 is 19.5 Å². The Balaban J connectivity index is 1.68. The zero-order chi connectivity index (χ0) is 22.0. The first-order valence-corrected chi connectivity index (χ1v) is 12.9. The minimum atomic E-state index is -2.38. The lowest BCUT2D eigenvalue weighted by Crippen LogP contribution is -2.26. The molecule has 9 heteroatoms. The standard InChI is InChI=1S/C22H25BrN4O3S/c1-14-10-16(27-31(2,3)28)12-19-21(14)22(25-13-24-19)26-18-5-4-15(23)11-20(18)30-17-6-8-29-9-7-17/h4-5,10-13,17H,2,6-9H2,1,3H3,(H,27,28)(H,24,25,26). The van der Waals surface area contributed by atoms with Crippen LogP contribution < -0.4 is 14.8 Å². The lowest BCUT2D eigenvalue weighted by molar-refractivity contribution is 0.0258. The fourth-order valence-electron chi connectivity index (χ4n) is 3.59. The number of benzene rings is 2. The summed E-state index contributed by atoms with van der Waals surface area (Å²) in [5, 5.41) is 4.31. The number of aryl methyl sites for hydroxylation is 1. The Morgan fingerprint density at radius 3 is 2.74 bits per heavy atom. The molecular formula is C22H25BrN4O3S. The topological polar surface area (TPSA) is 85.4 Å². The molecule has 1 aromatic heterocycles. The number of hydrogen-bond donors (Lipinski definition) is 2. The third-order valence-corrected chi connectivity index (χ3v) is 6.09. The van der Waals surface area contributed by atoms with E-state index in [9.17, 15) is 4.21 Å². The molecule has 2 aromatic carbocycles. The van der Waals surface area contributed by atoms with Crippen molar-refractivity contribution in [1.29, 1.82) is 0 Å². The molecule has 164 valence electrons. The molecule has 1 saturated heterocycles. The largest absolute Gasteiger partial charge is 0.488 e. The zero-order valence-corrected chi connectivity index (χ0v) is 19.9. The maximum Gasteiger partial charge on any atom is 0.144 e. The van der Waals surface area contributed by atoms with Crippen molar-refractivity contribution < 1.29 is 13.7 Å². The Bertz CT molecular complexity index is 1210. The van der Waals surface area contributed by atoms with Crippen molar-refractivity contribution in [3.63, 3.8) is 0 Å². The number of nitrogens with one attached hydrogen (secondary N) is 2. The van der Waals surface area contributed by atoms with Gasteiger partial charge in [-0.3, -0.25) is 0 Å². The van der Waals surface area contributed by atoms with Gasteiger partial charge in [-0.15, -0.1) is 0 Å². The number of hydrogen-bond acceptors (Lipinski definition) is 6. The second-order valence-electron chi connectivity index (χ2n) is 7.71. The molecule has 1 aliphatic rings. The van der Waals surface area contributed by atoms with Crippen LogP contribution in [0.4, 0.5) is 17.2 Å². The summed E-state index contributed by atoms with van der Waals surface area (Å²) >= 11 is 3.54. The predicted octanol–water partition coefficient (Wildman–Crippen LogP) is 4.68. The monoisotopic (exact) mass is 504 g/mol. The van der Waals surface area contributed by atoms with Gasteiger partial charge in [0.1, 0.15) is 24.0 Å². The first-order chi connectivity index (χ1) is 14.8. The van der Waals surface area contributed by atoms with E-state index in [2.05, 4.69) is 41.8 Å². The summed E-state index contributed by atoms with van der Waals surface area (Å²) in [4.78, 5) is 8.89.